The number of benzene rings is 2. The number of guanidine groups is 1. The first-order valence-corrected chi connectivity index (χ1v) is 9.13. The van der Waals surface area contributed by atoms with E-state index in [0.717, 1.165) is 35.4 Å². The van der Waals surface area contributed by atoms with Crippen LogP contribution in [0.3, 0.4) is 0 Å². The second-order valence-electron chi connectivity index (χ2n) is 6.32. The molecule has 0 saturated heterocycles. The second-order valence-corrected chi connectivity index (χ2v) is 6.32. The molecule has 2 rings (SSSR count). The third kappa shape index (κ3) is 8.53. The Morgan fingerprint density at radius 3 is 2.41 bits per heavy atom. The van der Waals surface area contributed by atoms with E-state index in [1.807, 2.05) is 25.1 Å². The topological polar surface area (TPSA) is 54.9 Å². The number of methoxy groups -OCH3 is 1. The van der Waals surface area contributed by atoms with Crippen LogP contribution in [0.2, 0.25) is 0 Å². The number of aryl methyl sites for hydroxylation is 1. The Balaban J connectivity index is 0.00000420. The van der Waals surface area contributed by atoms with Gasteiger partial charge < -0.3 is 20.1 Å². The summed E-state index contributed by atoms with van der Waals surface area (Å²) < 4.78 is 37.9. The molecule has 0 unspecified atom stereocenters. The van der Waals surface area contributed by atoms with E-state index in [1.165, 1.54) is 6.07 Å². The van der Waals surface area contributed by atoms with E-state index >= 15 is 0 Å². The Bertz CT molecular complexity index is 803. The largest absolute Gasteiger partial charge is 0.493 e. The molecule has 0 fully saturated rings. The number of rotatable bonds is 9. The molecule has 0 aliphatic carbocycles. The third-order valence-corrected chi connectivity index (χ3v) is 4.10. The molecule has 0 spiro atoms. The van der Waals surface area contributed by atoms with Crippen molar-refractivity contribution in [1.82, 2.24) is 10.6 Å². The van der Waals surface area contributed by atoms with E-state index in [-0.39, 0.29) is 36.1 Å². The number of nitrogens with one attached hydrogen (secondary N) is 2. The highest BCUT2D eigenvalue weighted by Crippen LogP contribution is 2.20. The molecule has 0 aliphatic rings. The Morgan fingerprint density at radius 1 is 1.00 bits per heavy atom. The van der Waals surface area contributed by atoms with Gasteiger partial charge in [-0.1, -0.05) is 12.1 Å². The van der Waals surface area contributed by atoms with Crippen molar-refractivity contribution >= 4 is 29.9 Å². The van der Waals surface area contributed by atoms with Gasteiger partial charge in [0.05, 0.1) is 6.61 Å². The number of hydrogen-bond acceptors (Lipinski definition) is 3. The van der Waals surface area contributed by atoms with Gasteiger partial charge in [-0.2, -0.15) is 0 Å². The fraction of sp³-hybridized carbons (Fsp3) is 0.381. The first-order chi connectivity index (χ1) is 13.5. The predicted molar refractivity (Wildman–Crippen MR) is 122 cm³/mol. The van der Waals surface area contributed by atoms with Crippen molar-refractivity contribution in [3.8, 4) is 5.75 Å². The fourth-order valence-electron chi connectivity index (χ4n) is 2.58. The molecule has 8 heteroatoms. The molecule has 0 aliphatic heterocycles. The van der Waals surface area contributed by atoms with Gasteiger partial charge in [-0.3, -0.25) is 4.99 Å². The first-order valence-electron chi connectivity index (χ1n) is 9.13. The zero-order valence-corrected chi connectivity index (χ0v) is 19.3. The van der Waals surface area contributed by atoms with Crippen molar-refractivity contribution in [3.05, 3.63) is 64.7 Å². The minimum atomic E-state index is -0.476. The molecule has 0 bridgehead atoms. The van der Waals surface area contributed by atoms with Crippen molar-refractivity contribution in [2.75, 3.05) is 27.4 Å². The van der Waals surface area contributed by atoms with Gasteiger partial charge in [0.1, 0.15) is 17.4 Å². The summed E-state index contributed by atoms with van der Waals surface area (Å²) in [6.45, 7) is 3.82. The fourth-order valence-corrected chi connectivity index (χ4v) is 2.58. The van der Waals surface area contributed by atoms with E-state index in [4.69, 9.17) is 9.47 Å². The maximum absolute atomic E-state index is 13.7. The van der Waals surface area contributed by atoms with Gasteiger partial charge in [-0.25, -0.2) is 8.78 Å². The molecule has 0 aromatic heterocycles. The molecule has 0 atom stereocenters. The SMILES string of the molecule is CN=C(NCc1cc(F)ccc1F)NCc1ccc(C)cc1OCCCOC.I. The summed E-state index contributed by atoms with van der Waals surface area (Å²) in [5, 5.41) is 6.16. The standard InChI is InChI=1S/C21H27F2N3O2.HI/c1-15-5-6-16(20(11-15)28-10-4-9-27-3)13-25-21(24-2)26-14-17-12-18(22)7-8-19(17)23;/h5-8,11-12H,4,9-10,13-14H2,1-3H3,(H2,24,25,26);1H. The molecule has 29 heavy (non-hydrogen) atoms. The van der Waals surface area contributed by atoms with Crippen LogP contribution >= 0.6 is 24.0 Å². The Labute approximate surface area is 187 Å². The van der Waals surface area contributed by atoms with Crippen molar-refractivity contribution in [2.45, 2.75) is 26.4 Å². The van der Waals surface area contributed by atoms with Crippen LogP contribution in [-0.4, -0.2) is 33.3 Å². The zero-order chi connectivity index (χ0) is 20.4. The van der Waals surface area contributed by atoms with Gasteiger partial charge in [0, 0.05) is 51.4 Å². The normalized spacial score (nSPS) is 11.0. The average Bonchev–Trinajstić information content (AvgIpc) is 2.69. The Morgan fingerprint density at radius 2 is 1.72 bits per heavy atom. The van der Waals surface area contributed by atoms with E-state index in [9.17, 15) is 8.78 Å². The molecule has 0 heterocycles. The lowest BCUT2D eigenvalue weighted by molar-refractivity contribution is 0.171. The number of hydrogen-bond donors (Lipinski definition) is 2. The van der Waals surface area contributed by atoms with Crippen LogP contribution in [0.1, 0.15) is 23.1 Å². The second kappa shape index (κ2) is 13.3. The van der Waals surface area contributed by atoms with Gasteiger partial charge >= 0.3 is 0 Å². The maximum Gasteiger partial charge on any atom is 0.191 e. The van der Waals surface area contributed by atoms with Crippen LogP contribution in [-0.2, 0) is 17.8 Å². The van der Waals surface area contributed by atoms with Crippen LogP contribution in [0.5, 0.6) is 5.75 Å². The summed E-state index contributed by atoms with van der Waals surface area (Å²) in [5.41, 5.74) is 2.32. The van der Waals surface area contributed by atoms with E-state index in [1.54, 1.807) is 14.2 Å². The molecule has 0 amide bonds. The summed E-state index contributed by atoms with van der Waals surface area (Å²) in [5.74, 6) is 0.343. The van der Waals surface area contributed by atoms with E-state index in [0.29, 0.717) is 25.7 Å². The van der Waals surface area contributed by atoms with Gasteiger partial charge in [-0.05, 0) is 36.8 Å². The predicted octanol–water partition coefficient (Wildman–Crippen LogP) is 4.17. The number of halogens is 3. The van der Waals surface area contributed by atoms with Crippen molar-refractivity contribution in [2.24, 2.45) is 4.99 Å². The van der Waals surface area contributed by atoms with Crippen molar-refractivity contribution in [1.29, 1.82) is 0 Å². The quantitative estimate of drug-likeness (QED) is 0.226. The molecule has 2 aromatic carbocycles. The highest BCUT2D eigenvalue weighted by atomic mass is 127. The molecular weight excluding hydrogens is 491 g/mol. The number of aliphatic imine (C=N–C) groups is 1. The average molecular weight is 519 g/mol. The lowest BCUT2D eigenvalue weighted by atomic mass is 10.1. The van der Waals surface area contributed by atoms with E-state index < -0.39 is 11.6 Å². The summed E-state index contributed by atoms with van der Waals surface area (Å²) in [6.07, 6.45) is 0.805. The van der Waals surface area contributed by atoms with Gasteiger partial charge in [0.15, 0.2) is 5.96 Å². The zero-order valence-electron chi connectivity index (χ0n) is 16.9. The van der Waals surface area contributed by atoms with Crippen LogP contribution in [0.4, 0.5) is 8.78 Å². The van der Waals surface area contributed by atoms with Gasteiger partial charge in [0.2, 0.25) is 0 Å². The van der Waals surface area contributed by atoms with Crippen molar-refractivity contribution < 1.29 is 18.3 Å². The Hall–Kier alpha value is -1.94. The molecule has 2 aromatic rings. The molecule has 5 nitrogen and oxygen atoms in total. The number of ether oxygens (including phenoxy) is 2. The lowest BCUT2D eigenvalue weighted by Crippen LogP contribution is -2.36. The summed E-state index contributed by atoms with van der Waals surface area (Å²) in [6, 6.07) is 9.37. The molecular formula is C21H28F2IN3O2. The van der Waals surface area contributed by atoms with Crippen LogP contribution in [0.25, 0.3) is 0 Å². The van der Waals surface area contributed by atoms with E-state index in [2.05, 4.69) is 15.6 Å². The third-order valence-electron chi connectivity index (χ3n) is 4.10. The number of nitrogens with zero attached hydrogens (tertiary/aromatic N) is 1. The molecule has 0 radical (unpaired) electrons. The maximum atomic E-state index is 13.7. The highest BCUT2D eigenvalue weighted by Gasteiger charge is 2.08. The van der Waals surface area contributed by atoms with Crippen molar-refractivity contribution in [3.63, 3.8) is 0 Å². The minimum Gasteiger partial charge on any atom is -0.493 e. The minimum absolute atomic E-state index is 0. The molecule has 2 N–H and O–H groups in total. The molecule has 160 valence electrons. The smallest absolute Gasteiger partial charge is 0.191 e. The van der Waals surface area contributed by atoms with Gasteiger partial charge in [0.25, 0.3) is 0 Å². The lowest BCUT2D eigenvalue weighted by Gasteiger charge is -2.16. The Kier molecular flexibility index (Phi) is 11.5. The summed E-state index contributed by atoms with van der Waals surface area (Å²) >= 11 is 0. The van der Waals surface area contributed by atoms with Gasteiger partial charge in [-0.15, -0.1) is 24.0 Å². The summed E-state index contributed by atoms with van der Waals surface area (Å²) in [4.78, 5) is 4.12. The van der Waals surface area contributed by atoms with Crippen LogP contribution < -0.4 is 15.4 Å². The van der Waals surface area contributed by atoms with Crippen LogP contribution in [0, 0.1) is 18.6 Å². The van der Waals surface area contributed by atoms with Crippen LogP contribution in [0.15, 0.2) is 41.4 Å². The molecule has 0 saturated carbocycles. The monoisotopic (exact) mass is 519 g/mol. The first kappa shape index (κ1) is 25.1. The summed E-state index contributed by atoms with van der Waals surface area (Å²) in [7, 11) is 3.28. The highest BCUT2D eigenvalue weighted by molar-refractivity contribution is 14.0.